The Bertz CT molecular complexity index is 423. The molecule has 3 N–H and O–H groups in total. The number of benzene rings is 1. The van der Waals surface area contributed by atoms with Gasteiger partial charge in [0.1, 0.15) is 0 Å². The van der Waals surface area contributed by atoms with Crippen LogP contribution in [0.3, 0.4) is 0 Å². The fourth-order valence-electron chi connectivity index (χ4n) is 1.56. The van der Waals surface area contributed by atoms with Gasteiger partial charge in [-0.2, -0.15) is 0 Å². The standard InChI is InChI=1S/C13H18Cl2N2O/c1-4-8(2)16-9(3)13(18)17-12-7-10(14)5-6-11(12)15/h5-9,16H,4H2,1-3H3,(H,17,18)/p+1/t8-,9-/m1/s1. The minimum atomic E-state index is -0.157. The van der Waals surface area contributed by atoms with E-state index in [2.05, 4.69) is 19.2 Å². The highest BCUT2D eigenvalue weighted by atomic mass is 35.5. The van der Waals surface area contributed by atoms with Crippen LogP contribution in [0.15, 0.2) is 18.2 Å². The van der Waals surface area contributed by atoms with Crippen LogP contribution in [-0.2, 0) is 4.79 Å². The lowest BCUT2D eigenvalue weighted by atomic mass is 10.2. The Morgan fingerprint density at radius 2 is 2.06 bits per heavy atom. The summed E-state index contributed by atoms with van der Waals surface area (Å²) in [6.07, 6.45) is 1.02. The van der Waals surface area contributed by atoms with Gasteiger partial charge in [-0.25, -0.2) is 0 Å². The second-order valence-corrected chi connectivity index (χ2v) is 5.32. The summed E-state index contributed by atoms with van der Waals surface area (Å²) < 4.78 is 0. The van der Waals surface area contributed by atoms with E-state index in [0.29, 0.717) is 21.8 Å². The third kappa shape index (κ3) is 4.48. The van der Waals surface area contributed by atoms with Crippen LogP contribution in [-0.4, -0.2) is 18.0 Å². The molecule has 0 bridgehead atoms. The Kier molecular flexibility index (Phi) is 5.93. The molecule has 0 fully saturated rings. The number of amides is 1. The van der Waals surface area contributed by atoms with Crippen LogP contribution in [0.2, 0.25) is 10.0 Å². The van der Waals surface area contributed by atoms with Crippen molar-refractivity contribution in [3.8, 4) is 0 Å². The number of rotatable bonds is 5. The molecule has 0 aliphatic rings. The molecule has 2 atom stereocenters. The molecule has 1 amide bonds. The van der Waals surface area contributed by atoms with Gasteiger partial charge in [-0.3, -0.25) is 4.79 Å². The topological polar surface area (TPSA) is 45.7 Å². The average molecular weight is 290 g/mol. The van der Waals surface area contributed by atoms with Gasteiger partial charge in [-0.1, -0.05) is 30.1 Å². The third-order valence-corrected chi connectivity index (χ3v) is 3.43. The zero-order chi connectivity index (χ0) is 13.7. The molecule has 0 aliphatic heterocycles. The molecule has 1 aromatic carbocycles. The van der Waals surface area contributed by atoms with E-state index < -0.39 is 0 Å². The summed E-state index contributed by atoms with van der Waals surface area (Å²) in [7, 11) is 0. The molecule has 1 rings (SSSR count). The second kappa shape index (κ2) is 6.98. The van der Waals surface area contributed by atoms with Crippen LogP contribution < -0.4 is 10.6 Å². The molecule has 0 radical (unpaired) electrons. The lowest BCUT2D eigenvalue weighted by molar-refractivity contribution is -0.703. The molecule has 1 aromatic rings. The monoisotopic (exact) mass is 289 g/mol. The SMILES string of the molecule is CC[C@@H](C)[NH2+][C@H](C)C(=O)Nc1cc(Cl)ccc1Cl. The van der Waals surface area contributed by atoms with Crippen molar-refractivity contribution in [2.45, 2.75) is 39.3 Å². The van der Waals surface area contributed by atoms with Crippen molar-refractivity contribution in [3.05, 3.63) is 28.2 Å². The Labute approximate surface area is 118 Å². The number of anilines is 1. The maximum atomic E-state index is 12.0. The summed E-state index contributed by atoms with van der Waals surface area (Å²) >= 11 is 11.9. The number of nitrogens with two attached hydrogens (primary N) is 1. The van der Waals surface area contributed by atoms with Gasteiger partial charge in [0.25, 0.3) is 5.91 Å². The van der Waals surface area contributed by atoms with Crippen molar-refractivity contribution in [1.29, 1.82) is 0 Å². The molecule has 5 heteroatoms. The van der Waals surface area contributed by atoms with Crippen molar-refractivity contribution < 1.29 is 10.1 Å². The van der Waals surface area contributed by atoms with E-state index in [1.165, 1.54) is 0 Å². The van der Waals surface area contributed by atoms with Crippen molar-refractivity contribution >= 4 is 34.8 Å². The fourth-order valence-corrected chi connectivity index (χ4v) is 1.89. The molecule has 0 saturated heterocycles. The summed E-state index contributed by atoms with van der Waals surface area (Å²) in [6, 6.07) is 5.27. The van der Waals surface area contributed by atoms with Crippen LogP contribution in [0.1, 0.15) is 27.2 Å². The molecule has 0 saturated carbocycles. The molecule has 100 valence electrons. The zero-order valence-electron chi connectivity index (χ0n) is 10.8. The number of quaternary nitrogens is 1. The highest BCUT2D eigenvalue weighted by Gasteiger charge is 2.19. The summed E-state index contributed by atoms with van der Waals surface area (Å²) in [5.74, 6) is -0.0699. The highest BCUT2D eigenvalue weighted by Crippen LogP contribution is 2.25. The van der Waals surface area contributed by atoms with Crippen LogP contribution in [0, 0.1) is 0 Å². The normalized spacial score (nSPS) is 14.1. The fraction of sp³-hybridized carbons (Fsp3) is 0.462. The van der Waals surface area contributed by atoms with Crippen LogP contribution in [0.4, 0.5) is 5.69 Å². The zero-order valence-corrected chi connectivity index (χ0v) is 12.3. The van der Waals surface area contributed by atoms with Crippen molar-refractivity contribution in [3.63, 3.8) is 0 Å². The van der Waals surface area contributed by atoms with Gasteiger partial charge >= 0.3 is 0 Å². The molecule has 0 spiro atoms. The first-order valence-electron chi connectivity index (χ1n) is 6.05. The summed E-state index contributed by atoms with van der Waals surface area (Å²) in [4.78, 5) is 12.0. The van der Waals surface area contributed by atoms with E-state index in [1.54, 1.807) is 18.2 Å². The Morgan fingerprint density at radius 3 is 2.67 bits per heavy atom. The van der Waals surface area contributed by atoms with Crippen LogP contribution in [0.5, 0.6) is 0 Å². The lowest BCUT2D eigenvalue weighted by Gasteiger charge is -2.15. The Hall–Kier alpha value is -0.770. The number of halogens is 2. The predicted molar refractivity (Wildman–Crippen MR) is 76.2 cm³/mol. The van der Waals surface area contributed by atoms with E-state index >= 15 is 0 Å². The minimum absolute atomic E-state index is 0.0699. The first kappa shape index (κ1) is 15.3. The maximum absolute atomic E-state index is 12.0. The third-order valence-electron chi connectivity index (χ3n) is 2.86. The van der Waals surface area contributed by atoms with Crippen LogP contribution >= 0.6 is 23.2 Å². The van der Waals surface area contributed by atoms with Crippen LogP contribution in [0.25, 0.3) is 0 Å². The number of hydrogen-bond acceptors (Lipinski definition) is 1. The summed E-state index contributed by atoms with van der Waals surface area (Å²) in [5, 5.41) is 5.87. The lowest BCUT2D eigenvalue weighted by Crippen LogP contribution is -2.95. The van der Waals surface area contributed by atoms with Crippen molar-refractivity contribution in [1.82, 2.24) is 0 Å². The number of carbonyl (C=O) groups excluding carboxylic acids is 1. The van der Waals surface area contributed by atoms with Gasteiger partial charge in [0.05, 0.1) is 16.8 Å². The molecule has 3 nitrogen and oxygen atoms in total. The van der Waals surface area contributed by atoms with Gasteiger partial charge in [-0.15, -0.1) is 0 Å². The Balaban J connectivity index is 2.66. The predicted octanol–water partition coefficient (Wildman–Crippen LogP) is 2.68. The van der Waals surface area contributed by atoms with E-state index in [4.69, 9.17) is 23.2 Å². The largest absolute Gasteiger partial charge is 0.334 e. The summed E-state index contributed by atoms with van der Waals surface area (Å²) in [6.45, 7) is 6.07. The van der Waals surface area contributed by atoms with E-state index in [9.17, 15) is 4.79 Å². The summed E-state index contributed by atoms with van der Waals surface area (Å²) in [5.41, 5.74) is 0.554. The molecule has 18 heavy (non-hydrogen) atoms. The molecule has 0 heterocycles. The second-order valence-electron chi connectivity index (χ2n) is 4.48. The minimum Gasteiger partial charge on any atom is -0.334 e. The smallest absolute Gasteiger partial charge is 0.282 e. The molecule has 0 aromatic heterocycles. The Morgan fingerprint density at radius 1 is 1.39 bits per heavy atom. The number of carbonyl (C=O) groups is 1. The van der Waals surface area contributed by atoms with E-state index in [-0.39, 0.29) is 11.9 Å². The number of hydrogen-bond donors (Lipinski definition) is 2. The maximum Gasteiger partial charge on any atom is 0.282 e. The van der Waals surface area contributed by atoms with Gasteiger partial charge in [0, 0.05) is 5.02 Å². The molecule has 0 aliphatic carbocycles. The van der Waals surface area contributed by atoms with Gasteiger partial charge in [0.2, 0.25) is 0 Å². The van der Waals surface area contributed by atoms with Gasteiger partial charge in [-0.05, 0) is 38.5 Å². The van der Waals surface area contributed by atoms with Crippen molar-refractivity contribution in [2.24, 2.45) is 0 Å². The molecular formula is C13H19Cl2N2O+. The first-order chi connectivity index (χ1) is 8.43. The van der Waals surface area contributed by atoms with Gasteiger partial charge < -0.3 is 10.6 Å². The molecular weight excluding hydrogens is 271 g/mol. The average Bonchev–Trinajstić information content (AvgIpc) is 2.33. The number of nitrogens with one attached hydrogen (secondary N) is 1. The van der Waals surface area contributed by atoms with Crippen molar-refractivity contribution in [2.75, 3.05) is 5.32 Å². The quantitative estimate of drug-likeness (QED) is 0.860. The van der Waals surface area contributed by atoms with E-state index in [1.807, 2.05) is 12.2 Å². The molecule has 0 unspecified atom stereocenters. The van der Waals surface area contributed by atoms with E-state index in [0.717, 1.165) is 6.42 Å². The van der Waals surface area contributed by atoms with Gasteiger partial charge in [0.15, 0.2) is 6.04 Å². The highest BCUT2D eigenvalue weighted by molar-refractivity contribution is 6.35. The first-order valence-corrected chi connectivity index (χ1v) is 6.80.